The molecule has 1 N–H and O–H groups in total. The molecule has 1 aromatic carbocycles. The molecule has 0 aromatic heterocycles. The van der Waals surface area contributed by atoms with Crippen molar-refractivity contribution in [3.05, 3.63) is 31.8 Å². The number of hydrogen-bond donors (Lipinski definition) is 1. The highest BCUT2D eigenvalue weighted by atomic mass is 127. The third-order valence-corrected chi connectivity index (χ3v) is 4.61. The summed E-state index contributed by atoms with van der Waals surface area (Å²) in [6, 6.07) is 5.75. The number of rotatable bonds is 7. The van der Waals surface area contributed by atoms with Crippen LogP contribution in [0.2, 0.25) is 0 Å². The first-order valence-corrected chi connectivity index (χ1v) is 9.14. The van der Waals surface area contributed by atoms with Crippen molar-refractivity contribution in [3.63, 3.8) is 0 Å². The summed E-state index contributed by atoms with van der Waals surface area (Å²) in [6.07, 6.45) is 5.58. The standard InChI is InChI=1S/C13H17BrINOS/c1-18-8-4-2-3-7-16-13(17)11-9-10(14)5-6-12(11)15/h5-6,9H,2-4,7-8H2,1H3,(H,16,17). The number of halogens is 2. The molecule has 0 bridgehead atoms. The summed E-state index contributed by atoms with van der Waals surface area (Å²) in [7, 11) is 0. The Morgan fingerprint density at radius 2 is 2.17 bits per heavy atom. The van der Waals surface area contributed by atoms with Crippen LogP contribution in [-0.4, -0.2) is 24.5 Å². The van der Waals surface area contributed by atoms with Gasteiger partial charge in [-0.05, 0) is 65.6 Å². The largest absolute Gasteiger partial charge is 0.352 e. The fraction of sp³-hybridized carbons (Fsp3) is 0.462. The lowest BCUT2D eigenvalue weighted by Crippen LogP contribution is -2.25. The molecule has 0 atom stereocenters. The third-order valence-electron chi connectivity index (χ3n) is 2.48. The van der Waals surface area contributed by atoms with E-state index >= 15 is 0 Å². The molecule has 1 amide bonds. The van der Waals surface area contributed by atoms with Gasteiger partial charge in [0.15, 0.2) is 0 Å². The van der Waals surface area contributed by atoms with Crippen molar-refractivity contribution < 1.29 is 4.79 Å². The van der Waals surface area contributed by atoms with Gasteiger partial charge in [0.2, 0.25) is 0 Å². The van der Waals surface area contributed by atoms with Crippen LogP contribution in [0.4, 0.5) is 0 Å². The molecule has 0 aliphatic carbocycles. The van der Waals surface area contributed by atoms with E-state index in [4.69, 9.17) is 0 Å². The number of hydrogen-bond acceptors (Lipinski definition) is 2. The van der Waals surface area contributed by atoms with Crippen LogP contribution in [-0.2, 0) is 0 Å². The van der Waals surface area contributed by atoms with Crippen molar-refractivity contribution in [1.29, 1.82) is 0 Å². The molecule has 1 aromatic rings. The van der Waals surface area contributed by atoms with Crippen LogP contribution >= 0.6 is 50.3 Å². The average Bonchev–Trinajstić information content (AvgIpc) is 2.36. The molecular formula is C13H17BrINOS. The number of carbonyl (C=O) groups is 1. The summed E-state index contributed by atoms with van der Waals surface area (Å²) in [5.41, 5.74) is 0.745. The van der Waals surface area contributed by atoms with Crippen LogP contribution in [0.15, 0.2) is 22.7 Å². The molecule has 100 valence electrons. The SMILES string of the molecule is CSCCCCCNC(=O)c1cc(Br)ccc1I. The van der Waals surface area contributed by atoms with Crippen molar-refractivity contribution in [2.24, 2.45) is 0 Å². The second kappa shape index (κ2) is 9.20. The Morgan fingerprint density at radius 1 is 1.39 bits per heavy atom. The van der Waals surface area contributed by atoms with E-state index in [1.54, 1.807) is 0 Å². The van der Waals surface area contributed by atoms with Gasteiger partial charge in [-0.2, -0.15) is 11.8 Å². The van der Waals surface area contributed by atoms with Crippen molar-refractivity contribution in [2.75, 3.05) is 18.6 Å². The second-order valence-electron chi connectivity index (χ2n) is 3.93. The molecule has 5 heteroatoms. The maximum Gasteiger partial charge on any atom is 0.252 e. The van der Waals surface area contributed by atoms with Crippen LogP contribution in [0, 0.1) is 3.57 Å². The maximum absolute atomic E-state index is 12.0. The van der Waals surface area contributed by atoms with Crippen LogP contribution in [0.1, 0.15) is 29.6 Å². The van der Waals surface area contributed by atoms with Gasteiger partial charge in [-0.3, -0.25) is 4.79 Å². The molecule has 0 saturated heterocycles. The maximum atomic E-state index is 12.0. The Balaban J connectivity index is 2.34. The van der Waals surface area contributed by atoms with Crippen molar-refractivity contribution in [1.82, 2.24) is 5.32 Å². The lowest BCUT2D eigenvalue weighted by Gasteiger charge is -2.07. The van der Waals surface area contributed by atoms with Crippen LogP contribution in [0.25, 0.3) is 0 Å². The summed E-state index contributed by atoms with van der Waals surface area (Å²) >= 11 is 7.45. The van der Waals surface area contributed by atoms with Crippen LogP contribution < -0.4 is 5.32 Å². The first-order valence-electron chi connectivity index (χ1n) is 5.87. The van der Waals surface area contributed by atoms with E-state index in [-0.39, 0.29) is 5.91 Å². The third kappa shape index (κ3) is 5.93. The molecule has 0 unspecified atom stereocenters. The zero-order chi connectivity index (χ0) is 13.4. The Morgan fingerprint density at radius 3 is 2.89 bits per heavy atom. The number of unbranched alkanes of at least 4 members (excludes halogenated alkanes) is 2. The fourth-order valence-corrected chi connectivity index (χ4v) is 2.95. The van der Waals surface area contributed by atoms with Gasteiger partial charge >= 0.3 is 0 Å². The van der Waals surface area contributed by atoms with Crippen LogP contribution in [0.3, 0.4) is 0 Å². The molecule has 0 spiro atoms. The van der Waals surface area contributed by atoms with E-state index in [2.05, 4.69) is 50.1 Å². The summed E-state index contributed by atoms with van der Waals surface area (Å²) in [5, 5.41) is 2.97. The van der Waals surface area contributed by atoms with Gasteiger partial charge in [-0.1, -0.05) is 22.4 Å². The van der Waals surface area contributed by atoms with Crippen molar-refractivity contribution in [3.8, 4) is 0 Å². The number of carbonyl (C=O) groups excluding carboxylic acids is 1. The molecule has 1 rings (SSSR count). The molecule has 0 radical (unpaired) electrons. The first-order chi connectivity index (χ1) is 8.65. The van der Waals surface area contributed by atoms with Crippen LogP contribution in [0.5, 0.6) is 0 Å². The Hall–Kier alpha value is 0.250. The molecule has 2 nitrogen and oxygen atoms in total. The number of benzene rings is 1. The van der Waals surface area contributed by atoms with E-state index in [1.807, 2.05) is 30.0 Å². The van der Waals surface area contributed by atoms with Gasteiger partial charge in [-0.25, -0.2) is 0 Å². The Bertz CT molecular complexity index is 401. The van der Waals surface area contributed by atoms with E-state index in [0.717, 1.165) is 26.6 Å². The number of thioether (sulfide) groups is 1. The molecule has 0 aliphatic heterocycles. The van der Waals surface area contributed by atoms with Gasteiger partial charge < -0.3 is 5.32 Å². The summed E-state index contributed by atoms with van der Waals surface area (Å²) in [6.45, 7) is 0.760. The molecule has 0 aliphatic rings. The van der Waals surface area contributed by atoms with Crippen molar-refractivity contribution in [2.45, 2.75) is 19.3 Å². The highest BCUT2D eigenvalue weighted by molar-refractivity contribution is 14.1. The van der Waals surface area contributed by atoms with E-state index in [1.165, 1.54) is 18.6 Å². The lowest BCUT2D eigenvalue weighted by molar-refractivity contribution is 0.0952. The second-order valence-corrected chi connectivity index (χ2v) is 7.00. The highest BCUT2D eigenvalue weighted by Gasteiger charge is 2.09. The average molecular weight is 442 g/mol. The predicted octanol–water partition coefficient (Wildman–Crippen LogP) is 4.32. The molecule has 0 fully saturated rings. The number of nitrogens with one attached hydrogen (secondary N) is 1. The minimum Gasteiger partial charge on any atom is -0.352 e. The van der Waals surface area contributed by atoms with Gasteiger partial charge in [0.1, 0.15) is 0 Å². The predicted molar refractivity (Wildman–Crippen MR) is 91.4 cm³/mol. The van der Waals surface area contributed by atoms with Gasteiger partial charge in [0, 0.05) is 14.6 Å². The molecule has 0 saturated carbocycles. The quantitative estimate of drug-likeness (QED) is 0.504. The summed E-state index contributed by atoms with van der Waals surface area (Å²) < 4.78 is 1.92. The Labute approximate surface area is 135 Å². The van der Waals surface area contributed by atoms with Gasteiger partial charge in [-0.15, -0.1) is 0 Å². The monoisotopic (exact) mass is 441 g/mol. The lowest BCUT2D eigenvalue weighted by atomic mass is 10.2. The smallest absolute Gasteiger partial charge is 0.252 e. The summed E-state index contributed by atoms with van der Waals surface area (Å²) in [5.74, 6) is 1.22. The first kappa shape index (κ1) is 16.3. The fourth-order valence-electron chi connectivity index (χ4n) is 1.52. The Kier molecular flexibility index (Phi) is 8.33. The highest BCUT2D eigenvalue weighted by Crippen LogP contribution is 2.18. The van der Waals surface area contributed by atoms with Gasteiger partial charge in [0.25, 0.3) is 5.91 Å². The van der Waals surface area contributed by atoms with Gasteiger partial charge in [0.05, 0.1) is 5.56 Å². The topological polar surface area (TPSA) is 29.1 Å². The zero-order valence-corrected chi connectivity index (χ0v) is 14.9. The van der Waals surface area contributed by atoms with E-state index in [9.17, 15) is 4.79 Å². The van der Waals surface area contributed by atoms with E-state index < -0.39 is 0 Å². The summed E-state index contributed by atoms with van der Waals surface area (Å²) in [4.78, 5) is 12.0. The zero-order valence-electron chi connectivity index (χ0n) is 10.3. The van der Waals surface area contributed by atoms with Crippen molar-refractivity contribution >= 4 is 56.2 Å². The normalized spacial score (nSPS) is 10.4. The molecule has 18 heavy (non-hydrogen) atoms. The minimum atomic E-state index is 0.0190. The van der Waals surface area contributed by atoms with E-state index in [0.29, 0.717) is 0 Å². The molecule has 0 heterocycles. The molecular weight excluding hydrogens is 425 g/mol. The number of amides is 1. The minimum absolute atomic E-state index is 0.0190.